The number of alkyl halides is 6. The van der Waals surface area contributed by atoms with Gasteiger partial charge in [-0.3, -0.25) is 4.79 Å². The number of carbonyl (C=O) groups excluding carboxylic acids is 1. The Hall–Kier alpha value is -4.34. The van der Waals surface area contributed by atoms with Crippen LogP contribution in [0.15, 0.2) is 72.3 Å². The first-order chi connectivity index (χ1) is 18.3. The molecule has 3 aromatic carbocycles. The van der Waals surface area contributed by atoms with E-state index >= 15 is 0 Å². The van der Waals surface area contributed by atoms with E-state index in [0.717, 1.165) is 17.7 Å². The number of hydrogen-bond acceptors (Lipinski definition) is 3. The topological polar surface area (TPSA) is 63.6 Å². The Morgan fingerprint density at radius 2 is 1.49 bits per heavy atom. The predicted octanol–water partition coefficient (Wildman–Crippen LogP) is 7.61. The molecule has 202 valence electrons. The maximum atomic E-state index is 13.2. The lowest BCUT2D eigenvalue weighted by Gasteiger charge is -2.19. The Morgan fingerprint density at radius 1 is 0.846 bits per heavy atom. The average Bonchev–Trinajstić information content (AvgIpc) is 2.87. The van der Waals surface area contributed by atoms with Crippen molar-refractivity contribution < 1.29 is 45.8 Å². The molecule has 0 atom stereocenters. The number of aliphatic carboxylic acids is 1. The summed E-state index contributed by atoms with van der Waals surface area (Å²) in [5.74, 6) is -1.04. The number of ether oxygens (including phenoxy) is 1. The van der Waals surface area contributed by atoms with E-state index in [-0.39, 0.29) is 30.2 Å². The van der Waals surface area contributed by atoms with Crippen molar-refractivity contribution in [3.63, 3.8) is 0 Å². The molecule has 0 amide bonds. The van der Waals surface area contributed by atoms with Crippen molar-refractivity contribution in [2.75, 3.05) is 0 Å². The molecule has 3 aromatic rings. The number of aryl methyl sites for hydroxylation is 1. The first kappa shape index (κ1) is 27.7. The van der Waals surface area contributed by atoms with Gasteiger partial charge in [-0.15, -0.1) is 0 Å². The summed E-state index contributed by atoms with van der Waals surface area (Å²) in [6, 6.07) is 13.0. The van der Waals surface area contributed by atoms with Gasteiger partial charge in [0.1, 0.15) is 12.4 Å². The van der Waals surface area contributed by atoms with E-state index < -0.39 is 35.2 Å². The number of carboxylic acids is 1. The second kappa shape index (κ2) is 10.8. The van der Waals surface area contributed by atoms with Gasteiger partial charge in [-0.25, -0.2) is 4.79 Å². The van der Waals surface area contributed by atoms with Crippen molar-refractivity contribution in [2.24, 2.45) is 0 Å². The van der Waals surface area contributed by atoms with Crippen LogP contribution in [-0.2, 0) is 30.2 Å². The minimum atomic E-state index is -4.98. The quantitative estimate of drug-likeness (QED) is 0.255. The van der Waals surface area contributed by atoms with Gasteiger partial charge < -0.3 is 9.84 Å². The van der Waals surface area contributed by atoms with Gasteiger partial charge in [0.15, 0.2) is 5.78 Å². The van der Waals surface area contributed by atoms with E-state index in [1.807, 2.05) is 0 Å². The van der Waals surface area contributed by atoms with Crippen LogP contribution in [0, 0.1) is 0 Å². The Balaban J connectivity index is 1.50. The molecule has 0 saturated carbocycles. The molecule has 0 saturated heterocycles. The van der Waals surface area contributed by atoms with Crippen molar-refractivity contribution in [3.05, 3.63) is 111 Å². The SMILES string of the molecule is O=C(O)/C=C/c1ccc(COc2ccc3c(c2)CCC(=Cc2cc(C(F)(F)F)cc(C(F)(F)F)c2)C3=O)cc1. The molecule has 4 nitrogen and oxygen atoms in total. The number of fused-ring (bicyclic) bond motifs is 1. The monoisotopic (exact) mass is 546 g/mol. The summed E-state index contributed by atoms with van der Waals surface area (Å²) in [5.41, 5.74) is -0.643. The van der Waals surface area contributed by atoms with Crippen LogP contribution in [0.3, 0.4) is 0 Å². The minimum Gasteiger partial charge on any atom is -0.489 e. The first-order valence-corrected chi connectivity index (χ1v) is 11.6. The molecular weight excluding hydrogens is 526 g/mol. The maximum Gasteiger partial charge on any atom is 0.416 e. The van der Waals surface area contributed by atoms with Crippen molar-refractivity contribution >= 4 is 23.9 Å². The Labute approximate surface area is 218 Å². The summed E-state index contributed by atoms with van der Waals surface area (Å²) in [7, 11) is 0. The molecule has 0 spiro atoms. The zero-order valence-electron chi connectivity index (χ0n) is 20.1. The average molecular weight is 546 g/mol. The van der Waals surface area contributed by atoms with Crippen LogP contribution in [0.4, 0.5) is 26.3 Å². The molecule has 0 unspecified atom stereocenters. The first-order valence-electron chi connectivity index (χ1n) is 11.6. The molecular formula is C29H20F6O4. The molecule has 0 radical (unpaired) electrons. The number of hydrogen-bond donors (Lipinski definition) is 1. The van der Waals surface area contributed by atoms with Crippen molar-refractivity contribution in [1.82, 2.24) is 0 Å². The van der Waals surface area contributed by atoms with E-state index in [2.05, 4.69) is 0 Å². The van der Waals surface area contributed by atoms with Crippen LogP contribution in [0.5, 0.6) is 5.75 Å². The molecule has 0 bridgehead atoms. The zero-order valence-corrected chi connectivity index (χ0v) is 20.1. The lowest BCUT2D eigenvalue weighted by molar-refractivity contribution is -0.143. The molecule has 0 aromatic heterocycles. The van der Waals surface area contributed by atoms with Gasteiger partial charge in [-0.2, -0.15) is 26.3 Å². The van der Waals surface area contributed by atoms with Crippen LogP contribution in [-0.4, -0.2) is 16.9 Å². The van der Waals surface area contributed by atoms with Crippen LogP contribution in [0.25, 0.3) is 12.2 Å². The van der Waals surface area contributed by atoms with Gasteiger partial charge >= 0.3 is 18.3 Å². The highest BCUT2D eigenvalue weighted by molar-refractivity contribution is 6.13. The second-order valence-corrected chi connectivity index (χ2v) is 8.86. The van der Waals surface area contributed by atoms with Gasteiger partial charge in [-0.05, 0) is 83.6 Å². The highest BCUT2D eigenvalue weighted by atomic mass is 19.4. The molecule has 0 aliphatic heterocycles. The third-order valence-corrected chi connectivity index (χ3v) is 6.03. The van der Waals surface area contributed by atoms with Gasteiger partial charge in [0, 0.05) is 17.2 Å². The van der Waals surface area contributed by atoms with Crippen molar-refractivity contribution in [3.8, 4) is 5.75 Å². The second-order valence-electron chi connectivity index (χ2n) is 8.86. The molecule has 1 aliphatic carbocycles. The van der Waals surface area contributed by atoms with E-state index in [0.29, 0.717) is 41.0 Å². The fourth-order valence-electron chi connectivity index (χ4n) is 4.10. The molecule has 10 heteroatoms. The number of rotatable bonds is 6. The molecule has 0 fully saturated rings. The van der Waals surface area contributed by atoms with Crippen LogP contribution >= 0.6 is 0 Å². The third-order valence-electron chi connectivity index (χ3n) is 6.03. The summed E-state index contributed by atoms with van der Waals surface area (Å²) in [4.78, 5) is 23.6. The summed E-state index contributed by atoms with van der Waals surface area (Å²) in [5, 5.41) is 8.69. The minimum absolute atomic E-state index is 0.0480. The largest absolute Gasteiger partial charge is 0.489 e. The zero-order chi connectivity index (χ0) is 28.4. The van der Waals surface area contributed by atoms with Crippen LogP contribution < -0.4 is 4.74 Å². The van der Waals surface area contributed by atoms with Crippen LogP contribution in [0.1, 0.15) is 50.2 Å². The summed E-state index contributed by atoms with van der Waals surface area (Å²) < 4.78 is 84.9. The highest BCUT2D eigenvalue weighted by Crippen LogP contribution is 2.37. The maximum absolute atomic E-state index is 13.2. The Bertz CT molecular complexity index is 1430. The lowest BCUT2D eigenvalue weighted by atomic mass is 9.85. The highest BCUT2D eigenvalue weighted by Gasteiger charge is 2.37. The molecule has 0 heterocycles. The molecule has 1 aliphatic rings. The number of ketones is 1. The standard InChI is InChI=1S/C29H20F6O4/c30-28(31,32)22-12-19(13-23(15-22)29(33,34)35)11-21-7-6-20-14-24(8-9-25(20)27(21)38)39-16-18-3-1-17(2-4-18)5-10-26(36)37/h1-5,8-15H,6-7,16H2,(H,36,37)/b10-5+,21-11?. The van der Waals surface area contributed by atoms with Crippen molar-refractivity contribution in [1.29, 1.82) is 0 Å². The van der Waals surface area contributed by atoms with Gasteiger partial charge in [0.25, 0.3) is 0 Å². The third kappa shape index (κ3) is 6.95. The smallest absolute Gasteiger partial charge is 0.416 e. The fraction of sp³-hybridized carbons (Fsp3) is 0.172. The van der Waals surface area contributed by atoms with E-state index in [1.165, 1.54) is 12.1 Å². The number of carboxylic acid groups (broad SMARTS) is 1. The number of carbonyl (C=O) groups is 2. The Kier molecular flexibility index (Phi) is 7.67. The normalized spacial score (nSPS) is 15.0. The molecule has 39 heavy (non-hydrogen) atoms. The number of halogens is 6. The summed E-state index contributed by atoms with van der Waals surface area (Å²) in [6.07, 6.45) is -5.91. The number of Topliss-reactive ketones (excluding diaryl/α,β-unsaturated/α-hetero) is 1. The van der Waals surface area contributed by atoms with Gasteiger partial charge in [0.2, 0.25) is 0 Å². The van der Waals surface area contributed by atoms with Gasteiger partial charge in [0.05, 0.1) is 11.1 Å². The number of benzene rings is 3. The van der Waals surface area contributed by atoms with E-state index in [4.69, 9.17) is 9.84 Å². The molecule has 4 rings (SSSR count). The van der Waals surface area contributed by atoms with Crippen LogP contribution in [0.2, 0.25) is 0 Å². The summed E-state index contributed by atoms with van der Waals surface area (Å²) in [6.45, 7) is 0.206. The fourth-order valence-corrected chi connectivity index (χ4v) is 4.10. The molecule has 1 N–H and O–H groups in total. The summed E-state index contributed by atoms with van der Waals surface area (Å²) >= 11 is 0. The van der Waals surface area contributed by atoms with E-state index in [1.54, 1.807) is 36.4 Å². The van der Waals surface area contributed by atoms with Crippen molar-refractivity contribution in [2.45, 2.75) is 31.8 Å². The number of allylic oxidation sites excluding steroid dienone is 1. The van der Waals surface area contributed by atoms with E-state index in [9.17, 15) is 35.9 Å². The Morgan fingerprint density at radius 3 is 2.08 bits per heavy atom. The predicted molar refractivity (Wildman–Crippen MR) is 131 cm³/mol. The van der Waals surface area contributed by atoms with Gasteiger partial charge in [-0.1, -0.05) is 24.3 Å². The lowest BCUT2D eigenvalue weighted by Crippen LogP contribution is -2.15.